The summed E-state index contributed by atoms with van der Waals surface area (Å²) in [6.45, 7) is 2.07. The summed E-state index contributed by atoms with van der Waals surface area (Å²) in [6, 6.07) is 16.6. The number of hydrogen-bond donors (Lipinski definition) is 3. The Labute approximate surface area is 120 Å². The summed E-state index contributed by atoms with van der Waals surface area (Å²) in [5.41, 5.74) is 16.1. The van der Waals surface area contributed by atoms with Gasteiger partial charge in [0.1, 0.15) is 0 Å². The van der Waals surface area contributed by atoms with Gasteiger partial charge in [-0.3, -0.25) is 0 Å². The van der Waals surface area contributed by atoms with Gasteiger partial charge >= 0.3 is 0 Å². The Balaban J connectivity index is 2.08. The van der Waals surface area contributed by atoms with Crippen LogP contribution in [0.2, 0.25) is 0 Å². The molecule has 20 heavy (non-hydrogen) atoms. The summed E-state index contributed by atoms with van der Waals surface area (Å²) in [7, 11) is 0. The lowest BCUT2D eigenvalue weighted by atomic mass is 9.68. The molecule has 0 amide bonds. The van der Waals surface area contributed by atoms with Crippen molar-refractivity contribution in [1.29, 1.82) is 0 Å². The molecule has 0 spiro atoms. The Morgan fingerprint density at radius 1 is 0.700 bits per heavy atom. The van der Waals surface area contributed by atoms with Crippen molar-refractivity contribution < 1.29 is 0 Å². The Morgan fingerprint density at radius 3 is 1.50 bits per heavy atom. The lowest BCUT2D eigenvalue weighted by Crippen LogP contribution is -2.40. The van der Waals surface area contributed by atoms with E-state index in [1.165, 1.54) is 11.1 Å². The highest BCUT2D eigenvalue weighted by atomic mass is 14.9. The Morgan fingerprint density at radius 2 is 1.10 bits per heavy atom. The van der Waals surface area contributed by atoms with E-state index in [1.807, 2.05) is 24.3 Å². The number of nitrogens with two attached hydrogens (primary N) is 2. The number of rotatable bonds is 2. The van der Waals surface area contributed by atoms with Gasteiger partial charge in [0, 0.05) is 16.8 Å². The Bertz CT molecular complexity index is 519. The zero-order chi connectivity index (χ0) is 14.0. The number of nitrogen functional groups attached to an aromatic ring is 2. The van der Waals surface area contributed by atoms with Crippen LogP contribution in [0.5, 0.6) is 0 Å². The molecule has 0 aromatic heterocycles. The van der Waals surface area contributed by atoms with Gasteiger partial charge in [-0.25, -0.2) is 0 Å². The maximum Gasteiger partial charge on any atom is 0.0314 e. The summed E-state index contributed by atoms with van der Waals surface area (Å²) < 4.78 is 0. The van der Waals surface area contributed by atoms with Crippen molar-refractivity contribution in [3.63, 3.8) is 0 Å². The summed E-state index contributed by atoms with van der Waals surface area (Å²) >= 11 is 0. The Hall–Kier alpha value is -2.00. The molecule has 104 valence electrons. The molecule has 1 saturated heterocycles. The van der Waals surface area contributed by atoms with Gasteiger partial charge in [0.15, 0.2) is 0 Å². The monoisotopic (exact) mass is 267 g/mol. The molecule has 1 heterocycles. The summed E-state index contributed by atoms with van der Waals surface area (Å²) in [4.78, 5) is 0. The van der Waals surface area contributed by atoms with Crippen LogP contribution in [0.25, 0.3) is 0 Å². The van der Waals surface area contributed by atoms with Crippen LogP contribution in [0.15, 0.2) is 48.5 Å². The van der Waals surface area contributed by atoms with Crippen molar-refractivity contribution in [2.45, 2.75) is 18.3 Å². The number of benzene rings is 2. The smallest absolute Gasteiger partial charge is 0.0314 e. The van der Waals surface area contributed by atoms with E-state index in [0.717, 1.165) is 37.3 Å². The third kappa shape index (κ3) is 2.25. The van der Waals surface area contributed by atoms with Crippen molar-refractivity contribution in [3.8, 4) is 0 Å². The minimum Gasteiger partial charge on any atom is -0.399 e. The molecule has 2 aromatic carbocycles. The lowest BCUT2D eigenvalue weighted by Gasteiger charge is -2.39. The van der Waals surface area contributed by atoms with Gasteiger partial charge in [0.05, 0.1) is 0 Å². The molecule has 0 atom stereocenters. The molecule has 1 fully saturated rings. The summed E-state index contributed by atoms with van der Waals surface area (Å²) in [5, 5.41) is 3.45. The van der Waals surface area contributed by atoms with E-state index in [-0.39, 0.29) is 5.41 Å². The fraction of sp³-hybridized carbons (Fsp3) is 0.294. The summed E-state index contributed by atoms with van der Waals surface area (Å²) in [5.74, 6) is 0. The van der Waals surface area contributed by atoms with Crippen molar-refractivity contribution in [2.24, 2.45) is 0 Å². The van der Waals surface area contributed by atoms with Gasteiger partial charge in [-0.05, 0) is 61.3 Å². The molecule has 0 unspecified atom stereocenters. The van der Waals surface area contributed by atoms with Gasteiger partial charge in [-0.15, -0.1) is 0 Å². The predicted molar refractivity (Wildman–Crippen MR) is 84.6 cm³/mol. The van der Waals surface area contributed by atoms with E-state index in [4.69, 9.17) is 11.5 Å². The van der Waals surface area contributed by atoms with Crippen molar-refractivity contribution in [2.75, 3.05) is 24.6 Å². The number of piperidine rings is 1. The third-order valence-corrected chi connectivity index (χ3v) is 4.38. The number of anilines is 2. The fourth-order valence-corrected chi connectivity index (χ4v) is 3.20. The first kappa shape index (κ1) is 13.0. The first-order valence-corrected chi connectivity index (χ1v) is 7.13. The van der Waals surface area contributed by atoms with E-state index in [9.17, 15) is 0 Å². The summed E-state index contributed by atoms with van der Waals surface area (Å²) in [6.07, 6.45) is 2.20. The highest BCUT2D eigenvalue weighted by Crippen LogP contribution is 2.40. The molecule has 3 rings (SSSR count). The van der Waals surface area contributed by atoms with Gasteiger partial charge in [0.2, 0.25) is 0 Å². The highest BCUT2D eigenvalue weighted by Gasteiger charge is 2.35. The maximum absolute atomic E-state index is 5.83. The van der Waals surface area contributed by atoms with Crippen molar-refractivity contribution in [1.82, 2.24) is 5.32 Å². The second-order valence-electron chi connectivity index (χ2n) is 5.58. The highest BCUT2D eigenvalue weighted by molar-refractivity contribution is 5.49. The predicted octanol–water partition coefficient (Wildman–Crippen LogP) is 2.52. The number of hydrogen-bond acceptors (Lipinski definition) is 3. The van der Waals surface area contributed by atoms with E-state index in [2.05, 4.69) is 29.6 Å². The standard InChI is InChI=1S/C17H21N3/c18-15-5-1-13(2-6-15)17(9-11-20-12-10-17)14-3-7-16(19)8-4-14/h1-8,20H,9-12,18-19H2. The minimum absolute atomic E-state index is 0.0760. The van der Waals surface area contributed by atoms with E-state index >= 15 is 0 Å². The topological polar surface area (TPSA) is 64.1 Å². The molecule has 0 radical (unpaired) electrons. The van der Waals surface area contributed by atoms with Crippen LogP contribution in [0, 0.1) is 0 Å². The van der Waals surface area contributed by atoms with Crippen LogP contribution >= 0.6 is 0 Å². The fourth-order valence-electron chi connectivity index (χ4n) is 3.20. The van der Waals surface area contributed by atoms with Crippen LogP contribution in [-0.2, 0) is 5.41 Å². The second-order valence-corrected chi connectivity index (χ2v) is 5.58. The molecule has 3 nitrogen and oxygen atoms in total. The molecule has 1 aliphatic heterocycles. The molecule has 5 N–H and O–H groups in total. The van der Waals surface area contributed by atoms with E-state index < -0.39 is 0 Å². The van der Waals surface area contributed by atoms with Crippen LogP contribution < -0.4 is 16.8 Å². The third-order valence-electron chi connectivity index (χ3n) is 4.38. The van der Waals surface area contributed by atoms with Gasteiger partial charge in [0.25, 0.3) is 0 Å². The van der Waals surface area contributed by atoms with Crippen LogP contribution in [-0.4, -0.2) is 13.1 Å². The van der Waals surface area contributed by atoms with Gasteiger partial charge < -0.3 is 16.8 Å². The minimum atomic E-state index is 0.0760. The second kappa shape index (κ2) is 5.17. The number of nitrogens with one attached hydrogen (secondary N) is 1. The molecular formula is C17H21N3. The van der Waals surface area contributed by atoms with Crippen LogP contribution in [0.4, 0.5) is 11.4 Å². The first-order chi connectivity index (χ1) is 9.71. The first-order valence-electron chi connectivity index (χ1n) is 7.13. The zero-order valence-corrected chi connectivity index (χ0v) is 11.6. The molecule has 0 saturated carbocycles. The SMILES string of the molecule is Nc1ccc(C2(c3ccc(N)cc3)CCNCC2)cc1. The maximum atomic E-state index is 5.83. The normalized spacial score (nSPS) is 17.8. The molecule has 0 bridgehead atoms. The Kier molecular flexibility index (Phi) is 3.36. The van der Waals surface area contributed by atoms with Gasteiger partial charge in [-0.2, -0.15) is 0 Å². The van der Waals surface area contributed by atoms with Crippen molar-refractivity contribution >= 4 is 11.4 Å². The van der Waals surface area contributed by atoms with Gasteiger partial charge in [-0.1, -0.05) is 24.3 Å². The average molecular weight is 267 g/mol. The van der Waals surface area contributed by atoms with E-state index in [1.54, 1.807) is 0 Å². The van der Waals surface area contributed by atoms with Crippen LogP contribution in [0.3, 0.4) is 0 Å². The molecule has 0 aliphatic carbocycles. The molecule has 2 aromatic rings. The van der Waals surface area contributed by atoms with Crippen molar-refractivity contribution in [3.05, 3.63) is 59.7 Å². The quantitative estimate of drug-likeness (QED) is 0.733. The molecular weight excluding hydrogens is 246 g/mol. The van der Waals surface area contributed by atoms with E-state index in [0.29, 0.717) is 0 Å². The lowest BCUT2D eigenvalue weighted by molar-refractivity contribution is 0.362. The molecule has 1 aliphatic rings. The van der Waals surface area contributed by atoms with Crippen LogP contribution in [0.1, 0.15) is 24.0 Å². The largest absolute Gasteiger partial charge is 0.399 e. The molecule has 3 heteroatoms. The average Bonchev–Trinajstić information content (AvgIpc) is 2.49. The zero-order valence-electron chi connectivity index (χ0n) is 11.6.